The van der Waals surface area contributed by atoms with Crippen molar-refractivity contribution in [2.75, 3.05) is 19.0 Å². The van der Waals surface area contributed by atoms with E-state index in [1.54, 1.807) is 42.7 Å². The lowest BCUT2D eigenvalue weighted by Crippen LogP contribution is -2.27. The maximum Gasteiger partial charge on any atom is 0.238 e. The fourth-order valence-corrected chi connectivity index (χ4v) is 3.33. The number of allylic oxidation sites excluding steroid dienone is 2. The molecule has 1 aliphatic heterocycles. The number of amides is 1. The molecule has 9 heteroatoms. The molecule has 2 aromatic carbocycles. The Morgan fingerprint density at radius 1 is 1.26 bits per heavy atom. The maximum atomic E-state index is 13.2. The average molecular weight is 489 g/mol. The lowest BCUT2D eigenvalue weighted by Gasteiger charge is -2.16. The number of ether oxygens (including phenoxy) is 2. The third kappa shape index (κ3) is 6.47. The molecule has 2 N–H and O–H groups in total. The van der Waals surface area contributed by atoms with Crippen molar-refractivity contribution in [2.45, 2.75) is 19.6 Å². The number of carbonyl (C=O) groups excluding carboxylic acids is 1. The molecule has 0 bridgehead atoms. The molecule has 31 heavy (non-hydrogen) atoms. The standard InChI is InChI=1S/C22H22BrFN4O3/c1-14-22(18(23)8-9-31-14)28-27-19-11-17(6-7-20(19)30-2)26-21(29)13-25-12-15-4-3-5-16(24)10-15/h3-11,14,25H,12-13H2,1-2H3,(H,26,29). The fourth-order valence-electron chi connectivity index (χ4n) is 2.82. The molecule has 0 saturated carbocycles. The van der Waals surface area contributed by atoms with E-state index in [4.69, 9.17) is 9.47 Å². The summed E-state index contributed by atoms with van der Waals surface area (Å²) in [5.74, 6) is -0.0337. The molecular formula is C22H22BrFN4O3. The van der Waals surface area contributed by atoms with Crippen molar-refractivity contribution in [3.63, 3.8) is 0 Å². The summed E-state index contributed by atoms with van der Waals surface area (Å²) in [5, 5.41) is 14.3. The summed E-state index contributed by atoms with van der Waals surface area (Å²) >= 11 is 3.44. The highest BCUT2D eigenvalue weighted by atomic mass is 79.9. The van der Waals surface area contributed by atoms with Crippen molar-refractivity contribution >= 4 is 33.2 Å². The summed E-state index contributed by atoms with van der Waals surface area (Å²) in [6, 6.07) is 11.3. The highest BCUT2D eigenvalue weighted by Gasteiger charge is 2.16. The van der Waals surface area contributed by atoms with Crippen LogP contribution in [0.4, 0.5) is 15.8 Å². The van der Waals surface area contributed by atoms with E-state index in [1.165, 1.54) is 19.2 Å². The van der Waals surface area contributed by atoms with Crippen LogP contribution in [-0.2, 0) is 16.1 Å². The second-order valence-corrected chi connectivity index (χ2v) is 7.54. The second-order valence-electron chi connectivity index (χ2n) is 6.68. The van der Waals surface area contributed by atoms with Crippen molar-refractivity contribution in [2.24, 2.45) is 10.2 Å². The monoisotopic (exact) mass is 488 g/mol. The van der Waals surface area contributed by atoms with Gasteiger partial charge in [0.1, 0.15) is 29.1 Å². The predicted molar refractivity (Wildman–Crippen MR) is 120 cm³/mol. The SMILES string of the molecule is COc1ccc(NC(=O)CNCc2cccc(F)c2)cc1N=NC1=C(Br)C=COC1C. The molecular weight excluding hydrogens is 467 g/mol. The van der Waals surface area contributed by atoms with Gasteiger partial charge in [-0.2, -0.15) is 0 Å². The van der Waals surface area contributed by atoms with Crippen LogP contribution in [0, 0.1) is 5.82 Å². The summed E-state index contributed by atoms with van der Waals surface area (Å²) in [6.45, 7) is 2.32. The van der Waals surface area contributed by atoms with Crippen molar-refractivity contribution in [1.82, 2.24) is 5.32 Å². The molecule has 1 atom stereocenters. The van der Waals surface area contributed by atoms with Crippen molar-refractivity contribution < 1.29 is 18.7 Å². The molecule has 0 fully saturated rings. The van der Waals surface area contributed by atoms with Gasteiger partial charge in [-0.25, -0.2) is 4.39 Å². The largest absolute Gasteiger partial charge is 0.494 e. The number of nitrogens with zero attached hydrogens (tertiary/aromatic N) is 2. The van der Waals surface area contributed by atoms with Gasteiger partial charge in [-0.3, -0.25) is 4.79 Å². The first-order chi connectivity index (χ1) is 15.0. The number of benzene rings is 2. The number of methoxy groups -OCH3 is 1. The second kappa shape index (κ2) is 10.8. The minimum atomic E-state index is -0.309. The van der Waals surface area contributed by atoms with E-state index in [0.717, 1.165) is 10.0 Å². The number of halogens is 2. The van der Waals surface area contributed by atoms with Gasteiger partial charge in [0.2, 0.25) is 5.91 Å². The van der Waals surface area contributed by atoms with E-state index >= 15 is 0 Å². The van der Waals surface area contributed by atoms with E-state index in [2.05, 4.69) is 36.8 Å². The third-order valence-electron chi connectivity index (χ3n) is 4.36. The quantitative estimate of drug-likeness (QED) is 0.501. The highest BCUT2D eigenvalue weighted by molar-refractivity contribution is 9.11. The molecule has 1 amide bonds. The van der Waals surface area contributed by atoms with E-state index in [1.807, 2.05) is 6.92 Å². The molecule has 1 unspecified atom stereocenters. The van der Waals surface area contributed by atoms with Gasteiger partial charge < -0.3 is 20.1 Å². The Morgan fingerprint density at radius 3 is 2.84 bits per heavy atom. The summed E-state index contributed by atoms with van der Waals surface area (Å²) in [4.78, 5) is 12.3. The Bertz CT molecular complexity index is 1040. The van der Waals surface area contributed by atoms with E-state index in [-0.39, 0.29) is 24.4 Å². The summed E-state index contributed by atoms with van der Waals surface area (Å²) < 4.78 is 24.8. The zero-order valence-corrected chi connectivity index (χ0v) is 18.6. The Labute approximate surface area is 188 Å². The number of hydrogen-bond acceptors (Lipinski definition) is 6. The first kappa shape index (κ1) is 22.6. The van der Waals surface area contributed by atoms with Crippen LogP contribution in [0.5, 0.6) is 5.75 Å². The first-order valence-electron chi connectivity index (χ1n) is 9.52. The van der Waals surface area contributed by atoms with Crippen LogP contribution in [0.1, 0.15) is 12.5 Å². The van der Waals surface area contributed by atoms with E-state index in [0.29, 0.717) is 29.4 Å². The zero-order valence-electron chi connectivity index (χ0n) is 17.1. The fraction of sp³-hybridized carbons (Fsp3) is 0.227. The number of carbonyl (C=O) groups is 1. The van der Waals surface area contributed by atoms with Crippen molar-refractivity contribution in [1.29, 1.82) is 0 Å². The normalized spacial score (nSPS) is 15.8. The number of azo groups is 1. The molecule has 7 nitrogen and oxygen atoms in total. The van der Waals surface area contributed by atoms with Gasteiger partial charge in [-0.05, 0) is 64.8 Å². The number of hydrogen-bond donors (Lipinski definition) is 2. The molecule has 1 heterocycles. The minimum Gasteiger partial charge on any atom is -0.494 e. The Hall–Kier alpha value is -3.04. The van der Waals surface area contributed by atoms with Crippen LogP contribution >= 0.6 is 15.9 Å². The molecule has 0 spiro atoms. The van der Waals surface area contributed by atoms with Gasteiger partial charge in [0.05, 0.1) is 19.9 Å². The Kier molecular flexibility index (Phi) is 7.91. The summed E-state index contributed by atoms with van der Waals surface area (Å²) in [7, 11) is 1.53. The van der Waals surface area contributed by atoms with Crippen molar-refractivity contribution in [3.05, 3.63) is 76.4 Å². The Morgan fingerprint density at radius 2 is 2.10 bits per heavy atom. The van der Waals surface area contributed by atoms with Crippen LogP contribution in [0.2, 0.25) is 0 Å². The first-order valence-corrected chi connectivity index (χ1v) is 10.3. The minimum absolute atomic E-state index is 0.0699. The van der Waals surface area contributed by atoms with Gasteiger partial charge >= 0.3 is 0 Å². The molecule has 3 rings (SSSR count). The number of rotatable bonds is 8. The summed E-state index contributed by atoms with van der Waals surface area (Å²) in [5.41, 5.74) is 2.41. The molecule has 0 aliphatic carbocycles. The van der Waals surface area contributed by atoms with Crippen molar-refractivity contribution in [3.8, 4) is 5.75 Å². The number of nitrogens with one attached hydrogen (secondary N) is 2. The molecule has 0 aromatic heterocycles. The Balaban J connectivity index is 1.63. The smallest absolute Gasteiger partial charge is 0.238 e. The average Bonchev–Trinajstić information content (AvgIpc) is 2.73. The van der Waals surface area contributed by atoms with E-state index in [9.17, 15) is 9.18 Å². The maximum absolute atomic E-state index is 13.2. The lowest BCUT2D eigenvalue weighted by molar-refractivity contribution is -0.115. The van der Waals surface area contributed by atoms with Crippen LogP contribution < -0.4 is 15.4 Å². The predicted octanol–water partition coefficient (Wildman–Crippen LogP) is 5.19. The highest BCUT2D eigenvalue weighted by Crippen LogP contribution is 2.33. The molecule has 162 valence electrons. The topological polar surface area (TPSA) is 84.3 Å². The molecule has 1 aliphatic rings. The van der Waals surface area contributed by atoms with Crippen LogP contribution in [0.15, 0.2) is 75.2 Å². The molecule has 2 aromatic rings. The zero-order chi connectivity index (χ0) is 22.2. The van der Waals surface area contributed by atoms with Crippen LogP contribution in [0.25, 0.3) is 0 Å². The van der Waals surface area contributed by atoms with Gasteiger partial charge in [0.25, 0.3) is 0 Å². The van der Waals surface area contributed by atoms with Gasteiger partial charge in [-0.15, -0.1) is 10.2 Å². The van der Waals surface area contributed by atoms with Gasteiger partial charge in [-0.1, -0.05) is 12.1 Å². The van der Waals surface area contributed by atoms with E-state index < -0.39 is 0 Å². The van der Waals surface area contributed by atoms with Gasteiger partial charge in [0, 0.05) is 16.7 Å². The van der Waals surface area contributed by atoms with Gasteiger partial charge in [0.15, 0.2) is 0 Å². The lowest BCUT2D eigenvalue weighted by atomic mass is 10.2. The van der Waals surface area contributed by atoms with Crippen LogP contribution in [0.3, 0.4) is 0 Å². The molecule has 0 radical (unpaired) electrons. The summed E-state index contributed by atoms with van der Waals surface area (Å²) in [6.07, 6.45) is 3.09. The molecule has 0 saturated heterocycles. The number of anilines is 1. The third-order valence-corrected chi connectivity index (χ3v) is 5.03. The van der Waals surface area contributed by atoms with Crippen LogP contribution in [-0.4, -0.2) is 25.7 Å².